The molecular weight excluding hydrogens is 458 g/mol. The van der Waals surface area contributed by atoms with Crippen molar-refractivity contribution in [3.05, 3.63) is 51.2 Å². The summed E-state index contributed by atoms with van der Waals surface area (Å²) in [6.45, 7) is 17.1. The average Bonchev–Trinajstić information content (AvgIpc) is 3.26. The van der Waals surface area contributed by atoms with E-state index in [1.165, 1.54) is 5.69 Å². The highest BCUT2D eigenvalue weighted by Crippen LogP contribution is 2.28. The molecule has 1 unspecified atom stereocenters. The summed E-state index contributed by atoms with van der Waals surface area (Å²) in [5.74, 6) is 0.792. The van der Waals surface area contributed by atoms with Gasteiger partial charge in [0, 0.05) is 30.3 Å². The number of unbranched alkanes of at least 4 members (excludes halogenated alkanes) is 4. The number of aryl methyl sites for hydroxylation is 2. The smallest absolute Gasteiger partial charge is 0.277 e. The molecule has 1 aliphatic heterocycles. The molecular formula is C31H47N5O. The van der Waals surface area contributed by atoms with Gasteiger partial charge in [0.2, 0.25) is 0 Å². The summed E-state index contributed by atoms with van der Waals surface area (Å²) in [4.78, 5) is 26.4. The summed E-state index contributed by atoms with van der Waals surface area (Å²) in [5, 5.41) is 4.85. The number of nitrogens with zero attached hydrogens (tertiary/aromatic N) is 5. The number of benzene rings is 1. The van der Waals surface area contributed by atoms with Crippen molar-refractivity contribution in [1.29, 1.82) is 0 Å². The van der Waals surface area contributed by atoms with Crippen molar-refractivity contribution in [3.63, 3.8) is 0 Å². The van der Waals surface area contributed by atoms with Gasteiger partial charge >= 0.3 is 0 Å². The third-order valence-electron chi connectivity index (χ3n) is 7.57. The number of fused-ring (bicyclic) bond motifs is 1. The van der Waals surface area contributed by atoms with Crippen LogP contribution in [-0.4, -0.2) is 34.2 Å². The van der Waals surface area contributed by atoms with Gasteiger partial charge in [-0.25, -0.2) is 9.98 Å². The second kappa shape index (κ2) is 13.7. The Hall–Kier alpha value is -2.76. The molecule has 1 atom stereocenters. The maximum Gasteiger partial charge on any atom is 0.277 e. The van der Waals surface area contributed by atoms with Crippen molar-refractivity contribution in [2.45, 2.75) is 106 Å². The van der Waals surface area contributed by atoms with E-state index >= 15 is 0 Å². The van der Waals surface area contributed by atoms with Crippen LogP contribution in [0.5, 0.6) is 0 Å². The fraction of sp³-hybridized carbons (Fsp3) is 0.613. The van der Waals surface area contributed by atoms with Crippen LogP contribution in [-0.2, 0) is 12.8 Å². The van der Waals surface area contributed by atoms with Crippen LogP contribution in [0.15, 0.2) is 33.1 Å². The molecule has 0 bridgehead atoms. The Morgan fingerprint density at radius 2 is 1.65 bits per heavy atom. The SMILES string of the molecule is CCCCCc1nc2n(c(=O)c1CCCCC)N=C(C(C)CC)C2=Nc1ccc(N(CC)CC)cc1C. The van der Waals surface area contributed by atoms with Gasteiger partial charge in [-0.1, -0.05) is 53.4 Å². The van der Waals surface area contributed by atoms with E-state index < -0.39 is 0 Å². The molecule has 0 saturated heterocycles. The van der Waals surface area contributed by atoms with E-state index in [0.717, 1.165) is 105 Å². The van der Waals surface area contributed by atoms with Crippen molar-refractivity contribution in [2.75, 3.05) is 18.0 Å². The molecule has 0 aliphatic carbocycles. The van der Waals surface area contributed by atoms with Gasteiger partial charge in [-0.2, -0.15) is 9.78 Å². The van der Waals surface area contributed by atoms with E-state index in [1.807, 2.05) is 0 Å². The molecule has 6 nitrogen and oxygen atoms in total. The average molecular weight is 506 g/mol. The van der Waals surface area contributed by atoms with Crippen LogP contribution in [0.25, 0.3) is 0 Å². The fourth-order valence-electron chi connectivity index (χ4n) is 4.96. The van der Waals surface area contributed by atoms with E-state index in [-0.39, 0.29) is 11.5 Å². The first kappa shape index (κ1) is 28.8. The number of aromatic nitrogens is 2. The van der Waals surface area contributed by atoms with Crippen LogP contribution in [0.4, 0.5) is 11.4 Å². The van der Waals surface area contributed by atoms with E-state index in [4.69, 9.17) is 15.1 Å². The molecule has 202 valence electrons. The lowest BCUT2D eigenvalue weighted by Gasteiger charge is -2.21. The van der Waals surface area contributed by atoms with E-state index in [0.29, 0.717) is 5.82 Å². The van der Waals surface area contributed by atoms with Gasteiger partial charge < -0.3 is 4.90 Å². The van der Waals surface area contributed by atoms with Gasteiger partial charge in [0.15, 0.2) is 5.82 Å². The highest BCUT2D eigenvalue weighted by atomic mass is 16.1. The molecule has 1 aliphatic rings. The Balaban J connectivity index is 2.14. The van der Waals surface area contributed by atoms with Crippen LogP contribution in [0, 0.1) is 12.8 Å². The second-order valence-electron chi connectivity index (χ2n) is 10.3. The standard InChI is InChI=1S/C31H47N5O/c1-8-13-15-17-25-27(18-16-14-9-2)33-30-29(28(22(6)10-3)34-36(30)31(25)37)32-26-20-19-24(21-23(26)7)35(11-4)12-5/h19-22H,8-18H2,1-7H3. The lowest BCUT2D eigenvalue weighted by atomic mass is 9.98. The maximum absolute atomic E-state index is 13.8. The van der Waals surface area contributed by atoms with Crippen LogP contribution in [0.1, 0.15) is 109 Å². The summed E-state index contributed by atoms with van der Waals surface area (Å²) in [6, 6.07) is 6.43. The third-order valence-corrected chi connectivity index (χ3v) is 7.57. The molecule has 0 N–H and O–H groups in total. The molecule has 2 heterocycles. The van der Waals surface area contributed by atoms with Crippen LogP contribution < -0.4 is 10.5 Å². The van der Waals surface area contributed by atoms with Crippen molar-refractivity contribution >= 4 is 22.8 Å². The summed E-state index contributed by atoms with van der Waals surface area (Å²) < 4.78 is 1.55. The van der Waals surface area contributed by atoms with Crippen molar-refractivity contribution in [1.82, 2.24) is 9.66 Å². The quantitative estimate of drug-likeness (QED) is 0.254. The van der Waals surface area contributed by atoms with Crippen molar-refractivity contribution in [2.24, 2.45) is 16.0 Å². The minimum atomic E-state index is -0.00721. The van der Waals surface area contributed by atoms with E-state index in [2.05, 4.69) is 71.6 Å². The highest BCUT2D eigenvalue weighted by molar-refractivity contribution is 6.49. The summed E-state index contributed by atoms with van der Waals surface area (Å²) in [7, 11) is 0. The van der Waals surface area contributed by atoms with Crippen molar-refractivity contribution < 1.29 is 0 Å². The summed E-state index contributed by atoms with van der Waals surface area (Å²) >= 11 is 0. The summed E-state index contributed by atoms with van der Waals surface area (Å²) in [5.41, 5.74) is 6.63. The van der Waals surface area contributed by atoms with Crippen LogP contribution >= 0.6 is 0 Å². The topological polar surface area (TPSA) is 62.9 Å². The van der Waals surface area contributed by atoms with Gasteiger partial charge in [-0.15, -0.1) is 0 Å². The minimum absolute atomic E-state index is 0.00721. The Labute approximate surface area is 223 Å². The fourth-order valence-corrected chi connectivity index (χ4v) is 4.96. The van der Waals surface area contributed by atoms with Gasteiger partial charge in [-0.3, -0.25) is 4.79 Å². The predicted octanol–water partition coefficient (Wildman–Crippen LogP) is 7.25. The van der Waals surface area contributed by atoms with Crippen LogP contribution in [0.3, 0.4) is 0 Å². The molecule has 1 aromatic heterocycles. The Morgan fingerprint density at radius 1 is 0.973 bits per heavy atom. The first-order valence-electron chi connectivity index (χ1n) is 14.6. The molecule has 0 fully saturated rings. The zero-order chi connectivity index (χ0) is 26.9. The van der Waals surface area contributed by atoms with Gasteiger partial charge in [-0.05, 0) is 76.6 Å². The summed E-state index contributed by atoms with van der Waals surface area (Å²) in [6.07, 6.45) is 9.12. The molecule has 0 radical (unpaired) electrons. The normalized spacial score (nSPS) is 14.7. The molecule has 0 saturated carbocycles. The van der Waals surface area contributed by atoms with Gasteiger partial charge in [0.1, 0.15) is 5.71 Å². The molecule has 6 heteroatoms. The molecule has 2 aromatic rings. The zero-order valence-corrected chi connectivity index (χ0v) is 24.2. The van der Waals surface area contributed by atoms with Gasteiger partial charge in [0.05, 0.1) is 17.1 Å². The molecule has 3 rings (SSSR count). The lowest BCUT2D eigenvalue weighted by Crippen LogP contribution is -2.27. The largest absolute Gasteiger partial charge is 0.372 e. The maximum atomic E-state index is 13.8. The van der Waals surface area contributed by atoms with E-state index in [1.54, 1.807) is 4.68 Å². The highest BCUT2D eigenvalue weighted by Gasteiger charge is 2.31. The lowest BCUT2D eigenvalue weighted by molar-refractivity contribution is 0.656. The molecule has 0 amide bonds. The Morgan fingerprint density at radius 3 is 2.24 bits per heavy atom. The zero-order valence-electron chi connectivity index (χ0n) is 24.2. The Kier molecular flexibility index (Phi) is 10.7. The number of hydrogen-bond acceptors (Lipinski definition) is 5. The number of aliphatic imine (C=N–C) groups is 1. The monoisotopic (exact) mass is 505 g/mol. The number of anilines is 1. The molecule has 37 heavy (non-hydrogen) atoms. The third kappa shape index (κ3) is 6.58. The van der Waals surface area contributed by atoms with Crippen molar-refractivity contribution in [3.8, 4) is 0 Å². The predicted molar refractivity (Wildman–Crippen MR) is 158 cm³/mol. The first-order valence-corrected chi connectivity index (χ1v) is 14.6. The van der Waals surface area contributed by atoms with E-state index in [9.17, 15) is 4.79 Å². The van der Waals surface area contributed by atoms with Gasteiger partial charge in [0.25, 0.3) is 5.56 Å². The minimum Gasteiger partial charge on any atom is -0.372 e. The number of rotatable bonds is 14. The Bertz CT molecular complexity index is 1170. The number of hydrogen-bond donors (Lipinski definition) is 0. The first-order chi connectivity index (χ1) is 17.9. The second-order valence-corrected chi connectivity index (χ2v) is 10.3. The molecule has 0 spiro atoms. The van der Waals surface area contributed by atoms with Crippen LogP contribution in [0.2, 0.25) is 0 Å². The molecule has 1 aromatic carbocycles.